The van der Waals surface area contributed by atoms with Crippen molar-refractivity contribution in [1.29, 1.82) is 0 Å². The Hall–Kier alpha value is -1.13. The first-order chi connectivity index (χ1) is 16.4. The van der Waals surface area contributed by atoms with E-state index in [1.165, 1.54) is 75.3 Å². The third-order valence-electron chi connectivity index (χ3n) is 8.46. The van der Waals surface area contributed by atoms with Crippen LogP contribution < -0.4 is 5.30 Å². The molecule has 2 aliphatic rings. The van der Waals surface area contributed by atoms with Crippen molar-refractivity contribution >= 4 is 13.2 Å². The highest BCUT2D eigenvalue weighted by molar-refractivity contribution is 7.67. The molecule has 0 radical (unpaired) electrons. The molecular formula is C33H49P. The predicted octanol–water partition coefficient (Wildman–Crippen LogP) is 10.5. The fourth-order valence-electron chi connectivity index (χ4n) is 7.05. The van der Waals surface area contributed by atoms with Crippen molar-refractivity contribution in [2.45, 2.75) is 135 Å². The Balaban J connectivity index is 2.01. The Morgan fingerprint density at radius 2 is 1.06 bits per heavy atom. The molecule has 4 rings (SSSR count). The second-order valence-corrected chi connectivity index (χ2v) is 14.8. The first-order valence-electron chi connectivity index (χ1n) is 14.4. The van der Waals surface area contributed by atoms with Crippen molar-refractivity contribution in [3.63, 3.8) is 0 Å². The SMILES string of the molecule is CC(C)c1c(-c2ccccc2)cc(P(C2CCCCC2)C2CCCCC2)c(C(C)C)c1C(C)C. The molecule has 186 valence electrons. The highest BCUT2D eigenvalue weighted by atomic mass is 31.1. The second-order valence-electron chi connectivity index (χ2n) is 12.0. The summed E-state index contributed by atoms with van der Waals surface area (Å²) in [6.45, 7) is 14.7. The van der Waals surface area contributed by atoms with Crippen LogP contribution in [0, 0.1) is 0 Å². The van der Waals surface area contributed by atoms with Crippen LogP contribution in [0.15, 0.2) is 36.4 Å². The molecule has 1 heteroatoms. The quantitative estimate of drug-likeness (QED) is 0.349. The van der Waals surface area contributed by atoms with Crippen LogP contribution in [-0.4, -0.2) is 11.3 Å². The van der Waals surface area contributed by atoms with Gasteiger partial charge >= 0.3 is 0 Å². The van der Waals surface area contributed by atoms with Gasteiger partial charge in [-0.1, -0.05) is 118 Å². The van der Waals surface area contributed by atoms with E-state index < -0.39 is 0 Å². The average molecular weight is 477 g/mol. The average Bonchev–Trinajstić information content (AvgIpc) is 2.85. The van der Waals surface area contributed by atoms with Gasteiger partial charge in [0.25, 0.3) is 0 Å². The lowest BCUT2D eigenvalue weighted by Gasteiger charge is -2.41. The van der Waals surface area contributed by atoms with Gasteiger partial charge in [-0.2, -0.15) is 0 Å². The maximum atomic E-state index is 2.75. The minimum atomic E-state index is -0.125. The van der Waals surface area contributed by atoms with Crippen LogP contribution in [0.2, 0.25) is 0 Å². The number of rotatable bonds is 7. The lowest BCUT2D eigenvalue weighted by Crippen LogP contribution is -2.30. The molecule has 0 saturated heterocycles. The van der Waals surface area contributed by atoms with E-state index in [-0.39, 0.29) is 7.92 Å². The smallest absolute Gasteiger partial charge is 0.0140 e. The number of benzene rings is 2. The molecular weight excluding hydrogens is 427 g/mol. The van der Waals surface area contributed by atoms with Gasteiger partial charge in [0.05, 0.1) is 0 Å². The molecule has 0 nitrogen and oxygen atoms in total. The summed E-state index contributed by atoms with van der Waals surface area (Å²) in [6.07, 6.45) is 14.7. The minimum absolute atomic E-state index is 0.125. The van der Waals surface area contributed by atoms with Gasteiger partial charge < -0.3 is 0 Å². The van der Waals surface area contributed by atoms with E-state index in [2.05, 4.69) is 77.9 Å². The largest absolute Gasteiger partial charge is 0.0686 e. The minimum Gasteiger partial charge on any atom is -0.0686 e. The van der Waals surface area contributed by atoms with Crippen molar-refractivity contribution in [3.05, 3.63) is 53.1 Å². The molecule has 2 aromatic carbocycles. The van der Waals surface area contributed by atoms with Gasteiger partial charge in [-0.3, -0.25) is 0 Å². The molecule has 0 atom stereocenters. The molecule has 34 heavy (non-hydrogen) atoms. The monoisotopic (exact) mass is 476 g/mol. The predicted molar refractivity (Wildman–Crippen MR) is 154 cm³/mol. The van der Waals surface area contributed by atoms with Crippen molar-refractivity contribution in [1.82, 2.24) is 0 Å². The molecule has 2 fully saturated rings. The molecule has 2 aromatic rings. The molecule has 0 bridgehead atoms. The molecule has 2 aliphatic carbocycles. The number of hydrogen-bond donors (Lipinski definition) is 0. The van der Waals surface area contributed by atoms with E-state index in [1.54, 1.807) is 16.7 Å². The maximum Gasteiger partial charge on any atom is -0.0140 e. The van der Waals surface area contributed by atoms with Crippen LogP contribution in [0.25, 0.3) is 11.1 Å². The lowest BCUT2D eigenvalue weighted by atomic mass is 9.79. The Morgan fingerprint density at radius 1 is 0.588 bits per heavy atom. The number of hydrogen-bond acceptors (Lipinski definition) is 0. The highest BCUT2D eigenvalue weighted by Gasteiger charge is 2.36. The van der Waals surface area contributed by atoms with E-state index in [9.17, 15) is 0 Å². The normalized spacial score (nSPS) is 18.5. The molecule has 0 amide bonds. The second kappa shape index (κ2) is 11.7. The first-order valence-corrected chi connectivity index (χ1v) is 15.9. The van der Waals surface area contributed by atoms with E-state index in [0.717, 1.165) is 11.3 Å². The summed E-state index contributed by atoms with van der Waals surface area (Å²) in [6, 6.07) is 14.1. The molecule has 0 aromatic heterocycles. The Labute approximate surface area is 212 Å². The van der Waals surface area contributed by atoms with Gasteiger partial charge in [-0.15, -0.1) is 0 Å². The van der Waals surface area contributed by atoms with Crippen LogP contribution in [0.4, 0.5) is 0 Å². The topological polar surface area (TPSA) is 0 Å². The van der Waals surface area contributed by atoms with E-state index in [4.69, 9.17) is 0 Å². The molecule has 0 spiro atoms. The molecule has 0 N–H and O–H groups in total. The highest BCUT2D eigenvalue weighted by Crippen LogP contribution is 2.57. The van der Waals surface area contributed by atoms with Gasteiger partial charge in [0.15, 0.2) is 0 Å². The first kappa shape index (κ1) is 25.9. The zero-order valence-corrected chi connectivity index (χ0v) is 23.8. The van der Waals surface area contributed by atoms with Crippen molar-refractivity contribution in [2.75, 3.05) is 0 Å². The summed E-state index contributed by atoms with van der Waals surface area (Å²) >= 11 is 0. The molecule has 0 heterocycles. The maximum absolute atomic E-state index is 2.75. The van der Waals surface area contributed by atoms with Crippen molar-refractivity contribution in [3.8, 4) is 11.1 Å². The summed E-state index contributed by atoms with van der Waals surface area (Å²) in [5.74, 6) is 1.69. The molecule has 0 aliphatic heterocycles. The lowest BCUT2D eigenvalue weighted by molar-refractivity contribution is 0.487. The summed E-state index contributed by atoms with van der Waals surface area (Å²) in [4.78, 5) is 0. The summed E-state index contributed by atoms with van der Waals surface area (Å²) in [5, 5.41) is 1.82. The summed E-state index contributed by atoms with van der Waals surface area (Å²) in [7, 11) is -0.125. The van der Waals surface area contributed by atoms with Gasteiger partial charge in [0.1, 0.15) is 0 Å². The van der Waals surface area contributed by atoms with Gasteiger partial charge in [-0.05, 0) is 93.9 Å². The van der Waals surface area contributed by atoms with Crippen molar-refractivity contribution in [2.24, 2.45) is 0 Å². The fourth-order valence-corrected chi connectivity index (χ4v) is 11.2. The van der Waals surface area contributed by atoms with E-state index in [0.29, 0.717) is 17.8 Å². The Bertz CT molecular complexity index is 893. The zero-order chi connectivity index (χ0) is 24.2. The summed E-state index contributed by atoms with van der Waals surface area (Å²) in [5.41, 5.74) is 9.91. The Morgan fingerprint density at radius 3 is 1.50 bits per heavy atom. The van der Waals surface area contributed by atoms with Crippen LogP contribution in [0.3, 0.4) is 0 Å². The van der Waals surface area contributed by atoms with E-state index in [1.807, 2.05) is 5.30 Å². The Kier molecular flexibility index (Phi) is 8.96. The standard InChI is InChI=1S/C33H49P/c1-23(2)31-29(26-16-10-7-11-17-26)22-30(32(24(3)4)33(31)25(5)6)34(27-18-12-8-13-19-27)28-20-14-9-15-21-28/h7,10-11,16-17,22-25,27-28H,8-9,12-15,18-21H2,1-6H3. The van der Waals surface area contributed by atoms with Crippen LogP contribution >= 0.6 is 7.92 Å². The molecule has 2 saturated carbocycles. The van der Waals surface area contributed by atoms with Gasteiger partial charge in [0.2, 0.25) is 0 Å². The third-order valence-corrected chi connectivity index (χ3v) is 12.0. The van der Waals surface area contributed by atoms with Crippen LogP contribution in [0.1, 0.15) is 140 Å². The van der Waals surface area contributed by atoms with E-state index >= 15 is 0 Å². The zero-order valence-electron chi connectivity index (χ0n) is 22.9. The van der Waals surface area contributed by atoms with Crippen LogP contribution in [0.5, 0.6) is 0 Å². The van der Waals surface area contributed by atoms with Gasteiger partial charge in [-0.25, -0.2) is 0 Å². The summed E-state index contributed by atoms with van der Waals surface area (Å²) < 4.78 is 0. The fraction of sp³-hybridized carbons (Fsp3) is 0.636. The van der Waals surface area contributed by atoms with Crippen molar-refractivity contribution < 1.29 is 0 Å². The third kappa shape index (κ3) is 5.48. The van der Waals surface area contributed by atoms with Crippen LogP contribution in [-0.2, 0) is 0 Å². The molecule has 0 unspecified atom stereocenters. The van der Waals surface area contributed by atoms with Gasteiger partial charge in [0, 0.05) is 0 Å².